The van der Waals surface area contributed by atoms with Crippen LogP contribution in [0.5, 0.6) is 11.5 Å². The predicted molar refractivity (Wildman–Crippen MR) is 156 cm³/mol. The molecular weight excluding hydrogens is 618 g/mol. The number of rotatable bonds is 14. The van der Waals surface area contributed by atoms with Crippen LogP contribution in [0.3, 0.4) is 0 Å². The Morgan fingerprint density at radius 2 is 1.60 bits per heavy atom. The van der Waals surface area contributed by atoms with Crippen molar-refractivity contribution in [3.63, 3.8) is 0 Å². The van der Waals surface area contributed by atoms with E-state index in [0.717, 1.165) is 39.5 Å². The van der Waals surface area contributed by atoms with E-state index in [4.69, 9.17) is 37.9 Å². The molecule has 1 N–H and O–H groups in total. The summed E-state index contributed by atoms with van der Waals surface area (Å²) in [5.74, 6) is -3.74. The Morgan fingerprint density at radius 1 is 0.933 bits per heavy atom. The first-order valence-corrected chi connectivity index (χ1v) is 14.9. The van der Waals surface area contributed by atoms with Crippen LogP contribution < -0.4 is 14.8 Å². The molecule has 1 aromatic rings. The lowest BCUT2D eigenvalue weighted by Gasteiger charge is -2.48. The zero-order valence-corrected chi connectivity index (χ0v) is 27.2. The fourth-order valence-electron chi connectivity index (χ4n) is 4.68. The van der Waals surface area contributed by atoms with Crippen LogP contribution in [-0.4, -0.2) is 98.2 Å². The summed E-state index contributed by atoms with van der Waals surface area (Å²) in [6.07, 6.45) is -4.55. The minimum absolute atomic E-state index is 0.258. The Kier molecular flexibility index (Phi) is 13.9. The van der Waals surface area contributed by atoms with E-state index in [2.05, 4.69) is 5.32 Å². The molecule has 2 rings (SSSR count). The summed E-state index contributed by atoms with van der Waals surface area (Å²) in [6, 6.07) is 3.67. The predicted octanol–water partition coefficient (Wildman–Crippen LogP) is 1.46. The van der Waals surface area contributed by atoms with Gasteiger partial charge >= 0.3 is 29.8 Å². The second-order valence-corrected chi connectivity index (χ2v) is 11.0. The molecule has 0 spiro atoms. The van der Waals surface area contributed by atoms with Crippen molar-refractivity contribution in [3.8, 4) is 11.5 Å². The number of carbonyl (C=O) groups excluding carboxylic acids is 6. The third-order valence-electron chi connectivity index (χ3n) is 6.49. The number of amides is 1. The smallest absolute Gasteiger partial charge is 0.349 e. The van der Waals surface area contributed by atoms with Gasteiger partial charge < -0.3 is 43.2 Å². The van der Waals surface area contributed by atoms with E-state index in [1.165, 1.54) is 21.1 Å². The number of carbonyl (C=O) groups is 6. The largest absolute Gasteiger partial charge is 0.497 e. The third kappa shape index (κ3) is 10.5. The summed E-state index contributed by atoms with van der Waals surface area (Å²) in [7, 11) is 2.93. The van der Waals surface area contributed by atoms with E-state index in [9.17, 15) is 28.8 Å². The van der Waals surface area contributed by atoms with Crippen LogP contribution in [0.2, 0.25) is 0 Å². The Labute approximate surface area is 264 Å². The summed E-state index contributed by atoms with van der Waals surface area (Å²) < 4.78 is 44.1. The minimum Gasteiger partial charge on any atom is -0.497 e. The number of hydrogen-bond donors (Lipinski definition) is 1. The van der Waals surface area contributed by atoms with Gasteiger partial charge in [0.15, 0.2) is 12.2 Å². The molecule has 0 saturated carbocycles. The fraction of sp³-hybridized carbons (Fsp3) is 0.586. The lowest BCUT2D eigenvalue weighted by molar-refractivity contribution is -0.225. The molecule has 1 aromatic carbocycles. The van der Waals surface area contributed by atoms with E-state index in [1.54, 1.807) is 24.5 Å². The Hall–Kier alpha value is -4.05. The normalized spacial score (nSPS) is 22.1. The van der Waals surface area contributed by atoms with E-state index in [-0.39, 0.29) is 13.0 Å². The Morgan fingerprint density at radius 3 is 2.11 bits per heavy atom. The molecule has 15 nitrogen and oxygen atoms in total. The summed E-state index contributed by atoms with van der Waals surface area (Å²) in [5.41, 5.74) is 0.497. The first-order valence-electron chi connectivity index (χ1n) is 13.7. The molecule has 0 unspecified atom stereocenters. The lowest BCUT2D eigenvalue weighted by atomic mass is 9.89. The van der Waals surface area contributed by atoms with Crippen LogP contribution in [0, 0.1) is 0 Å². The number of benzene rings is 1. The highest BCUT2D eigenvalue weighted by atomic mass is 32.2. The summed E-state index contributed by atoms with van der Waals surface area (Å²) >= 11 is 0.903. The number of nitrogens with one attached hydrogen (secondary N) is 1. The number of thioether (sulfide) groups is 1. The SMILES string of the molecule is COc1ccc(COC(=O)[C@@]2(SC)C[C@H](OC(C)=O)[C@@H](NC(C)=O)[C@H]([C@H](OC(C)=O)[C@@H](COC(C)=O)OC(C)=O)O2)c(OC)c1. The first-order chi connectivity index (χ1) is 21.2. The van der Waals surface area contributed by atoms with E-state index < -0.39 is 77.8 Å². The maximum Gasteiger partial charge on any atom is 0.349 e. The highest BCUT2D eigenvalue weighted by Gasteiger charge is 2.58. The highest BCUT2D eigenvalue weighted by molar-refractivity contribution is 8.00. The van der Waals surface area contributed by atoms with Gasteiger partial charge in [-0.05, 0) is 18.4 Å². The van der Waals surface area contributed by atoms with Crippen molar-refractivity contribution >= 4 is 47.5 Å². The van der Waals surface area contributed by atoms with Crippen molar-refractivity contribution in [1.82, 2.24) is 5.32 Å². The van der Waals surface area contributed by atoms with Crippen molar-refractivity contribution in [2.45, 2.75) is 83.0 Å². The van der Waals surface area contributed by atoms with Crippen molar-refractivity contribution in [1.29, 1.82) is 0 Å². The van der Waals surface area contributed by atoms with Gasteiger partial charge in [0.2, 0.25) is 10.8 Å². The number of methoxy groups -OCH3 is 2. The van der Waals surface area contributed by atoms with Crippen molar-refractivity contribution in [2.24, 2.45) is 0 Å². The molecule has 1 aliphatic rings. The molecule has 250 valence electrons. The molecule has 16 heteroatoms. The van der Waals surface area contributed by atoms with E-state index in [1.807, 2.05) is 0 Å². The molecular formula is C29H39NO14S. The van der Waals surface area contributed by atoms with Gasteiger partial charge in [0, 0.05) is 52.7 Å². The molecule has 0 radical (unpaired) electrons. The van der Waals surface area contributed by atoms with Gasteiger partial charge in [-0.1, -0.05) is 0 Å². The van der Waals surface area contributed by atoms with Gasteiger partial charge in [-0.25, -0.2) is 4.79 Å². The van der Waals surface area contributed by atoms with E-state index in [0.29, 0.717) is 17.1 Å². The molecule has 0 aromatic heterocycles. The molecule has 1 heterocycles. The number of esters is 5. The highest BCUT2D eigenvalue weighted by Crippen LogP contribution is 2.42. The standard InChI is InChI=1S/C29H39NO14S/c1-15(31)30-25-23(41-17(3)33)12-29(45-8,28(36)40-13-20-9-10-21(37-6)11-22(20)38-7)44-27(25)26(43-19(5)35)24(42-18(4)34)14-39-16(2)32/h9-11,23-27H,12-14H2,1-8H3,(H,30,31)/t23-,24+,25+,26+,27+,29-/m0/s1. The van der Waals surface area contributed by atoms with Crippen molar-refractivity contribution in [2.75, 3.05) is 27.1 Å². The van der Waals surface area contributed by atoms with Gasteiger partial charge in [-0.2, -0.15) is 0 Å². The summed E-state index contributed by atoms with van der Waals surface area (Å²) in [5, 5.41) is 2.63. The van der Waals surface area contributed by atoms with Gasteiger partial charge in [-0.15, -0.1) is 11.8 Å². The fourth-order valence-corrected chi connectivity index (χ4v) is 5.44. The first kappa shape index (κ1) is 37.1. The van der Waals surface area contributed by atoms with Crippen LogP contribution in [0.1, 0.15) is 46.6 Å². The second kappa shape index (κ2) is 16.9. The summed E-state index contributed by atoms with van der Waals surface area (Å²) in [4.78, 5) is 72.5. The Bertz CT molecular complexity index is 1260. The average molecular weight is 658 g/mol. The number of ether oxygens (including phenoxy) is 8. The molecule has 1 aliphatic heterocycles. The van der Waals surface area contributed by atoms with Crippen LogP contribution in [0.4, 0.5) is 0 Å². The Balaban J connectivity index is 2.63. The maximum atomic E-state index is 13.8. The molecule has 1 amide bonds. The second-order valence-electron chi connectivity index (χ2n) is 9.90. The van der Waals surface area contributed by atoms with Gasteiger partial charge in [0.1, 0.15) is 36.9 Å². The van der Waals surface area contributed by atoms with E-state index >= 15 is 0 Å². The van der Waals surface area contributed by atoms with Gasteiger partial charge in [0.25, 0.3) is 0 Å². The quantitative estimate of drug-likeness (QED) is 0.223. The molecule has 45 heavy (non-hydrogen) atoms. The monoisotopic (exact) mass is 657 g/mol. The topological polar surface area (TPSA) is 188 Å². The molecule has 6 atom stereocenters. The molecule has 1 fully saturated rings. The van der Waals surface area contributed by atoms with Gasteiger partial charge in [0.05, 0.1) is 20.3 Å². The van der Waals surface area contributed by atoms with Crippen LogP contribution >= 0.6 is 11.8 Å². The minimum atomic E-state index is -1.90. The molecule has 1 saturated heterocycles. The van der Waals surface area contributed by atoms with Crippen molar-refractivity contribution in [3.05, 3.63) is 23.8 Å². The van der Waals surface area contributed by atoms with Gasteiger partial charge in [-0.3, -0.25) is 24.0 Å². The maximum absolute atomic E-state index is 13.8. The summed E-state index contributed by atoms with van der Waals surface area (Å²) in [6.45, 7) is 4.76. The zero-order chi connectivity index (χ0) is 33.9. The lowest BCUT2D eigenvalue weighted by Crippen LogP contribution is -2.68. The van der Waals surface area contributed by atoms with Crippen molar-refractivity contribution < 1.29 is 66.7 Å². The molecule has 0 aliphatic carbocycles. The van der Waals surface area contributed by atoms with Crippen LogP contribution in [-0.2, 0) is 63.8 Å². The third-order valence-corrected chi connectivity index (χ3v) is 7.58. The van der Waals surface area contributed by atoms with Crippen LogP contribution in [0.25, 0.3) is 0 Å². The molecule has 0 bridgehead atoms. The van der Waals surface area contributed by atoms with Crippen LogP contribution in [0.15, 0.2) is 18.2 Å². The average Bonchev–Trinajstić information content (AvgIpc) is 2.96. The zero-order valence-electron chi connectivity index (χ0n) is 26.4. The number of hydrogen-bond acceptors (Lipinski definition) is 15.